The van der Waals surface area contributed by atoms with Gasteiger partial charge >= 0.3 is 5.97 Å². The third-order valence-electron chi connectivity index (χ3n) is 7.86. The van der Waals surface area contributed by atoms with Crippen molar-refractivity contribution in [3.63, 3.8) is 0 Å². The Morgan fingerprint density at radius 1 is 1.27 bits per heavy atom. The zero-order valence-electron chi connectivity index (χ0n) is 23.0. The van der Waals surface area contributed by atoms with E-state index in [4.69, 9.17) is 4.74 Å². The highest BCUT2D eigenvalue weighted by Crippen LogP contribution is 2.38. The van der Waals surface area contributed by atoms with Crippen molar-refractivity contribution in [1.29, 1.82) is 0 Å². The van der Waals surface area contributed by atoms with E-state index in [1.54, 1.807) is 16.0 Å². The van der Waals surface area contributed by atoms with Crippen LogP contribution >= 0.6 is 11.3 Å². The number of fused-ring (bicyclic) bond motifs is 3. The second kappa shape index (κ2) is 10.7. The first kappa shape index (κ1) is 27.1. The van der Waals surface area contributed by atoms with Crippen molar-refractivity contribution in [1.82, 2.24) is 24.9 Å². The molecule has 4 heterocycles. The lowest BCUT2D eigenvalue weighted by Gasteiger charge is -2.25. The molecule has 0 radical (unpaired) electrons. The molecule has 0 spiro atoms. The summed E-state index contributed by atoms with van der Waals surface area (Å²) < 4.78 is 23.1. The molecule has 2 N–H and O–H groups in total. The summed E-state index contributed by atoms with van der Waals surface area (Å²) in [5, 5.41) is 31.3. The van der Waals surface area contributed by atoms with Crippen LogP contribution in [0.3, 0.4) is 0 Å². The van der Waals surface area contributed by atoms with Gasteiger partial charge in [0.15, 0.2) is 5.75 Å². The van der Waals surface area contributed by atoms with E-state index >= 15 is 0 Å². The van der Waals surface area contributed by atoms with Crippen LogP contribution in [-0.4, -0.2) is 53.7 Å². The van der Waals surface area contributed by atoms with Gasteiger partial charge in [-0.15, -0.1) is 16.4 Å². The molecule has 1 aliphatic heterocycles. The second-order valence-electron chi connectivity index (χ2n) is 10.6. The molecule has 41 heavy (non-hydrogen) atoms. The third kappa shape index (κ3) is 5.11. The zero-order chi connectivity index (χ0) is 28.8. The lowest BCUT2D eigenvalue weighted by molar-refractivity contribution is -0.137. The number of ether oxygens (including phenoxy) is 1. The maximum atomic E-state index is 14.2. The summed E-state index contributed by atoms with van der Waals surface area (Å²) in [5.41, 5.74) is 5.87. The monoisotopic (exact) mass is 575 g/mol. The fourth-order valence-electron chi connectivity index (χ4n) is 5.78. The van der Waals surface area contributed by atoms with E-state index in [2.05, 4.69) is 38.4 Å². The Hall–Kier alpha value is -4.09. The van der Waals surface area contributed by atoms with Gasteiger partial charge in [-0.2, -0.15) is 4.39 Å². The number of pyridine rings is 1. The summed E-state index contributed by atoms with van der Waals surface area (Å²) in [4.78, 5) is 18.3. The quantitative estimate of drug-likeness (QED) is 0.244. The minimum absolute atomic E-state index is 0.0722. The number of nitrogens with zero attached hydrogens (tertiary/aromatic N) is 5. The predicted octanol–water partition coefficient (Wildman–Crippen LogP) is 5.51. The minimum Gasteiger partial charge on any atom is -0.504 e. The number of halogens is 1. The molecule has 212 valence electrons. The van der Waals surface area contributed by atoms with Crippen LogP contribution in [0.25, 0.3) is 21.1 Å². The molecular weight excluding hydrogens is 545 g/mol. The maximum Gasteiger partial charge on any atom is 0.304 e. The van der Waals surface area contributed by atoms with Crippen LogP contribution in [0.1, 0.15) is 53.6 Å². The highest BCUT2D eigenvalue weighted by Gasteiger charge is 2.27. The van der Waals surface area contributed by atoms with Crippen LogP contribution in [0.2, 0.25) is 0 Å². The van der Waals surface area contributed by atoms with Gasteiger partial charge in [-0.25, -0.2) is 9.67 Å². The predicted molar refractivity (Wildman–Crippen MR) is 154 cm³/mol. The van der Waals surface area contributed by atoms with Crippen molar-refractivity contribution in [2.75, 3.05) is 6.54 Å². The molecule has 0 saturated carbocycles. The van der Waals surface area contributed by atoms with Crippen LogP contribution in [0, 0.1) is 12.9 Å². The standard InChI is InChI=1S/C30H30FN5O4S/c1-4-20-14-36(15-23-26(40-20)12-25(37)30(31)32-23)13-19-10-18(9-17-7-8-41-29(17)19)22(11-27(38)39)21-5-6-24-28(16(21)2)33-34-35(24)3/h5-10,12,20,22,37H,4,11,13-15H2,1-3H3,(H,38,39)/t20-,22?/m1/s1. The minimum atomic E-state index is -0.920. The smallest absolute Gasteiger partial charge is 0.304 e. The lowest BCUT2D eigenvalue weighted by Crippen LogP contribution is -2.32. The Balaban J connectivity index is 1.42. The normalized spacial score (nSPS) is 16.4. The van der Waals surface area contributed by atoms with Crippen molar-refractivity contribution in [3.05, 3.63) is 75.7 Å². The number of benzene rings is 2. The fourth-order valence-corrected chi connectivity index (χ4v) is 6.67. The van der Waals surface area contributed by atoms with E-state index in [9.17, 15) is 19.4 Å². The molecule has 2 atom stereocenters. The third-order valence-corrected chi connectivity index (χ3v) is 8.87. The molecule has 0 bridgehead atoms. The largest absolute Gasteiger partial charge is 0.504 e. The summed E-state index contributed by atoms with van der Waals surface area (Å²) in [6.45, 7) is 5.47. The molecule has 3 aromatic heterocycles. The van der Waals surface area contributed by atoms with Crippen LogP contribution in [0.15, 0.2) is 41.8 Å². The van der Waals surface area contributed by atoms with Gasteiger partial charge in [-0.3, -0.25) is 9.69 Å². The van der Waals surface area contributed by atoms with Crippen molar-refractivity contribution in [2.24, 2.45) is 7.05 Å². The van der Waals surface area contributed by atoms with E-state index in [0.29, 0.717) is 31.1 Å². The van der Waals surface area contributed by atoms with Gasteiger partial charge in [0, 0.05) is 43.4 Å². The van der Waals surface area contributed by atoms with Crippen molar-refractivity contribution in [3.8, 4) is 11.5 Å². The Kier molecular flexibility index (Phi) is 7.08. The number of carbonyl (C=O) groups is 1. The van der Waals surface area contributed by atoms with Crippen LogP contribution in [0.5, 0.6) is 11.5 Å². The number of hydrogen-bond acceptors (Lipinski definition) is 8. The molecule has 5 aromatic rings. The number of thiophene rings is 1. The number of rotatable bonds is 7. The molecule has 2 aromatic carbocycles. The van der Waals surface area contributed by atoms with Gasteiger partial charge in [-0.1, -0.05) is 24.3 Å². The van der Waals surface area contributed by atoms with E-state index in [1.807, 2.05) is 38.4 Å². The summed E-state index contributed by atoms with van der Waals surface area (Å²) >= 11 is 1.64. The number of hydrogen-bond donors (Lipinski definition) is 2. The Bertz CT molecular complexity index is 1780. The molecule has 0 amide bonds. The summed E-state index contributed by atoms with van der Waals surface area (Å²) in [7, 11) is 1.84. The van der Waals surface area contributed by atoms with Crippen molar-refractivity contribution < 1.29 is 24.1 Å². The highest BCUT2D eigenvalue weighted by molar-refractivity contribution is 7.17. The fraction of sp³-hybridized carbons (Fsp3) is 0.333. The highest BCUT2D eigenvalue weighted by atomic mass is 32.1. The number of carboxylic acid groups (broad SMARTS) is 1. The topological polar surface area (TPSA) is 114 Å². The van der Waals surface area contributed by atoms with Crippen LogP contribution in [0.4, 0.5) is 4.39 Å². The zero-order valence-corrected chi connectivity index (χ0v) is 23.8. The van der Waals surface area contributed by atoms with Gasteiger partial charge in [0.05, 0.1) is 17.6 Å². The number of aliphatic carboxylic acids is 1. The molecule has 0 aliphatic carbocycles. The van der Waals surface area contributed by atoms with Gasteiger partial charge in [0.2, 0.25) is 0 Å². The molecule has 1 unspecified atom stereocenters. The SMILES string of the molecule is CC[C@@H]1CN(Cc2cc(C(CC(=O)O)c3ccc4c(nnn4C)c3C)cc3ccsc23)Cc2nc(F)c(O)cc2O1. The van der Waals surface area contributed by atoms with E-state index in [0.717, 1.165) is 49.8 Å². The second-order valence-corrected chi connectivity index (χ2v) is 11.5. The van der Waals surface area contributed by atoms with Crippen molar-refractivity contribution in [2.45, 2.75) is 51.8 Å². The molecule has 0 saturated heterocycles. The molecular formula is C30H30FN5O4S. The number of aryl methyl sites for hydroxylation is 2. The average Bonchev–Trinajstić information content (AvgIpc) is 3.53. The Morgan fingerprint density at radius 2 is 2.10 bits per heavy atom. The Morgan fingerprint density at radius 3 is 2.88 bits per heavy atom. The summed E-state index contributed by atoms with van der Waals surface area (Å²) in [6, 6.07) is 11.5. The molecule has 11 heteroatoms. The van der Waals surface area contributed by atoms with Gasteiger partial charge in [0.25, 0.3) is 5.95 Å². The van der Waals surface area contributed by atoms with E-state index in [-0.39, 0.29) is 12.5 Å². The first-order valence-electron chi connectivity index (χ1n) is 13.5. The van der Waals surface area contributed by atoms with Gasteiger partial charge in [-0.05, 0) is 64.6 Å². The maximum absolute atomic E-state index is 14.2. The number of carboxylic acids is 1. The van der Waals surface area contributed by atoms with Gasteiger partial charge < -0.3 is 14.9 Å². The molecule has 6 rings (SSSR count). The first-order chi connectivity index (χ1) is 19.7. The van der Waals surface area contributed by atoms with E-state index in [1.165, 1.54) is 6.07 Å². The summed E-state index contributed by atoms with van der Waals surface area (Å²) in [6.07, 6.45) is 0.496. The Labute approximate surface area is 239 Å². The number of aromatic hydroxyl groups is 1. The van der Waals surface area contributed by atoms with Gasteiger partial charge in [0.1, 0.15) is 17.4 Å². The lowest BCUT2D eigenvalue weighted by atomic mass is 9.84. The molecule has 9 nitrogen and oxygen atoms in total. The summed E-state index contributed by atoms with van der Waals surface area (Å²) in [5.74, 6) is -2.33. The molecule has 0 fully saturated rings. The molecule has 1 aliphatic rings. The number of aromatic nitrogens is 4. The average molecular weight is 576 g/mol. The van der Waals surface area contributed by atoms with Crippen molar-refractivity contribution >= 4 is 38.4 Å². The first-order valence-corrected chi connectivity index (χ1v) is 14.4. The van der Waals surface area contributed by atoms with E-state index < -0.39 is 23.6 Å². The van der Waals surface area contributed by atoms with Crippen LogP contribution in [-0.2, 0) is 24.9 Å². The van der Waals surface area contributed by atoms with Crippen LogP contribution < -0.4 is 4.74 Å².